The van der Waals surface area contributed by atoms with Gasteiger partial charge < -0.3 is 5.11 Å². The average molecular weight is 196 g/mol. The molecular weight excluding hydrogens is 176 g/mol. The summed E-state index contributed by atoms with van der Waals surface area (Å²) >= 11 is 0. The van der Waals surface area contributed by atoms with Gasteiger partial charge in [0.25, 0.3) is 0 Å². The van der Waals surface area contributed by atoms with E-state index in [0.717, 1.165) is 31.3 Å². The number of carbonyl (C=O) groups is 1. The van der Waals surface area contributed by atoms with Gasteiger partial charge in [-0.05, 0) is 32.6 Å². The molecule has 0 amide bonds. The third-order valence-corrected chi connectivity index (χ3v) is 3.33. The van der Waals surface area contributed by atoms with Gasteiger partial charge in [-0.2, -0.15) is 0 Å². The lowest BCUT2D eigenvalue weighted by molar-refractivity contribution is -0.122. The number of aliphatic hydroxyl groups excluding tert-OH is 1. The molecule has 0 saturated heterocycles. The maximum absolute atomic E-state index is 11.3. The highest BCUT2D eigenvalue weighted by Gasteiger charge is 2.30. The highest BCUT2D eigenvalue weighted by molar-refractivity contribution is 5.78. The van der Waals surface area contributed by atoms with Crippen LogP contribution in [-0.4, -0.2) is 17.0 Å². The third-order valence-electron chi connectivity index (χ3n) is 3.33. The molecule has 0 heterocycles. The van der Waals surface area contributed by atoms with Gasteiger partial charge in [0.2, 0.25) is 0 Å². The summed E-state index contributed by atoms with van der Waals surface area (Å²) in [6.07, 6.45) is 3.04. The van der Waals surface area contributed by atoms with Crippen LogP contribution in [0.3, 0.4) is 0 Å². The molecule has 2 nitrogen and oxygen atoms in total. The zero-order chi connectivity index (χ0) is 10.7. The number of Topliss-reactive ketones (excluding diaryl/α,β-unsaturated/α-hetero) is 1. The molecule has 3 atom stereocenters. The van der Waals surface area contributed by atoms with Crippen LogP contribution in [0.25, 0.3) is 0 Å². The summed E-state index contributed by atoms with van der Waals surface area (Å²) in [7, 11) is 0. The minimum Gasteiger partial charge on any atom is -0.393 e. The maximum atomic E-state index is 11.3. The summed E-state index contributed by atoms with van der Waals surface area (Å²) in [6, 6.07) is 0. The van der Waals surface area contributed by atoms with Gasteiger partial charge in [0.1, 0.15) is 5.78 Å². The minimum atomic E-state index is -0.315. The molecule has 80 valence electrons. The number of ketones is 1. The van der Waals surface area contributed by atoms with Crippen molar-refractivity contribution in [2.75, 3.05) is 0 Å². The molecule has 14 heavy (non-hydrogen) atoms. The molecule has 1 rings (SSSR count). The summed E-state index contributed by atoms with van der Waals surface area (Å²) < 4.78 is 0. The number of carbonyl (C=O) groups excluding carboxylic acids is 1. The van der Waals surface area contributed by atoms with E-state index >= 15 is 0 Å². The third kappa shape index (κ3) is 2.44. The van der Waals surface area contributed by atoms with E-state index in [2.05, 4.69) is 6.58 Å². The molecule has 1 N–H and O–H groups in total. The Kier molecular flexibility index (Phi) is 3.87. The molecule has 1 saturated carbocycles. The first-order chi connectivity index (χ1) is 6.56. The molecule has 0 spiro atoms. The fourth-order valence-corrected chi connectivity index (χ4v) is 2.22. The summed E-state index contributed by atoms with van der Waals surface area (Å²) in [5.74, 6) is 0.542. The van der Waals surface area contributed by atoms with Gasteiger partial charge in [-0.25, -0.2) is 0 Å². The van der Waals surface area contributed by atoms with Crippen molar-refractivity contribution in [2.45, 2.75) is 45.6 Å². The summed E-state index contributed by atoms with van der Waals surface area (Å²) in [6.45, 7) is 7.60. The molecule has 1 aliphatic rings. The molecule has 0 aromatic heterocycles. The first-order valence-corrected chi connectivity index (χ1v) is 5.42. The summed E-state index contributed by atoms with van der Waals surface area (Å²) in [5, 5.41) is 9.78. The maximum Gasteiger partial charge on any atom is 0.132 e. The van der Waals surface area contributed by atoms with Gasteiger partial charge in [0, 0.05) is 11.8 Å². The fourth-order valence-electron chi connectivity index (χ4n) is 2.22. The minimum absolute atomic E-state index is 0.141. The normalized spacial score (nSPS) is 30.1. The number of rotatable bonds is 3. The highest BCUT2D eigenvalue weighted by Crippen LogP contribution is 2.35. The lowest BCUT2D eigenvalue weighted by Crippen LogP contribution is -2.30. The predicted molar refractivity (Wildman–Crippen MR) is 56.9 cm³/mol. The Bertz CT molecular complexity index is 232. The monoisotopic (exact) mass is 196 g/mol. The second kappa shape index (κ2) is 4.74. The molecular formula is C12H20O2. The average Bonchev–Trinajstić information content (AvgIpc) is 2.17. The van der Waals surface area contributed by atoms with E-state index in [1.165, 1.54) is 0 Å². The lowest BCUT2D eigenvalue weighted by atomic mass is 9.74. The smallest absolute Gasteiger partial charge is 0.132 e. The Balaban J connectivity index is 2.64. The number of hydrogen-bond acceptors (Lipinski definition) is 2. The zero-order valence-corrected chi connectivity index (χ0v) is 9.12. The van der Waals surface area contributed by atoms with Gasteiger partial charge in [0.15, 0.2) is 0 Å². The van der Waals surface area contributed by atoms with E-state index in [-0.39, 0.29) is 23.7 Å². The molecule has 0 bridgehead atoms. The topological polar surface area (TPSA) is 37.3 Å². The van der Waals surface area contributed by atoms with Gasteiger partial charge in [-0.15, -0.1) is 0 Å². The molecule has 1 fully saturated rings. The van der Waals surface area contributed by atoms with E-state index in [1.54, 1.807) is 6.92 Å². The van der Waals surface area contributed by atoms with Crippen molar-refractivity contribution in [1.82, 2.24) is 0 Å². The first-order valence-electron chi connectivity index (χ1n) is 5.42. The molecule has 1 aliphatic carbocycles. The largest absolute Gasteiger partial charge is 0.393 e. The van der Waals surface area contributed by atoms with E-state index < -0.39 is 0 Å². The second-order valence-electron chi connectivity index (χ2n) is 4.32. The highest BCUT2D eigenvalue weighted by atomic mass is 16.3. The van der Waals surface area contributed by atoms with Gasteiger partial charge in [-0.1, -0.05) is 19.1 Å². The van der Waals surface area contributed by atoms with Crippen molar-refractivity contribution in [2.24, 2.45) is 11.8 Å². The van der Waals surface area contributed by atoms with Crippen LogP contribution in [-0.2, 0) is 4.79 Å². The Morgan fingerprint density at radius 3 is 2.86 bits per heavy atom. The van der Waals surface area contributed by atoms with E-state index in [0.29, 0.717) is 0 Å². The molecule has 0 radical (unpaired) electrons. The van der Waals surface area contributed by atoms with Crippen molar-refractivity contribution < 1.29 is 9.90 Å². The van der Waals surface area contributed by atoms with Crippen LogP contribution in [0.15, 0.2) is 12.2 Å². The van der Waals surface area contributed by atoms with Crippen molar-refractivity contribution in [1.29, 1.82) is 0 Å². The zero-order valence-electron chi connectivity index (χ0n) is 9.12. The SMILES string of the molecule is C=C1CC[C@@H](C(C)=O)C[C@@H]1[C@@H](O)CC. The van der Waals surface area contributed by atoms with Crippen LogP contribution in [0.1, 0.15) is 39.5 Å². The van der Waals surface area contributed by atoms with Crippen LogP contribution in [0.5, 0.6) is 0 Å². The van der Waals surface area contributed by atoms with Crippen LogP contribution in [0, 0.1) is 11.8 Å². The molecule has 0 unspecified atom stereocenters. The molecule has 0 aliphatic heterocycles. The van der Waals surface area contributed by atoms with Crippen LogP contribution < -0.4 is 0 Å². The first kappa shape index (κ1) is 11.4. The van der Waals surface area contributed by atoms with Crippen LogP contribution >= 0.6 is 0 Å². The summed E-state index contributed by atoms with van der Waals surface area (Å²) in [4.78, 5) is 11.3. The molecule has 0 aromatic rings. The quantitative estimate of drug-likeness (QED) is 0.703. The van der Waals surface area contributed by atoms with E-state index in [4.69, 9.17) is 0 Å². The Morgan fingerprint density at radius 1 is 1.71 bits per heavy atom. The predicted octanol–water partition coefficient (Wildman–Crippen LogP) is 2.32. The summed E-state index contributed by atoms with van der Waals surface area (Å²) in [5.41, 5.74) is 1.12. The number of aliphatic hydroxyl groups is 1. The van der Waals surface area contributed by atoms with Crippen molar-refractivity contribution in [3.63, 3.8) is 0 Å². The Labute approximate surface area is 86.0 Å². The fraction of sp³-hybridized carbons (Fsp3) is 0.750. The molecule has 2 heteroatoms. The van der Waals surface area contributed by atoms with Gasteiger partial charge in [0.05, 0.1) is 6.10 Å². The van der Waals surface area contributed by atoms with Crippen LogP contribution in [0.4, 0.5) is 0 Å². The Hall–Kier alpha value is -0.630. The van der Waals surface area contributed by atoms with E-state index in [1.807, 2.05) is 6.92 Å². The standard InChI is InChI=1S/C12H20O2/c1-4-12(14)11-7-10(9(3)13)6-5-8(11)2/h10-12,14H,2,4-7H2,1,3H3/t10-,11+,12+/m1/s1. The van der Waals surface area contributed by atoms with E-state index in [9.17, 15) is 9.90 Å². The van der Waals surface area contributed by atoms with Crippen molar-refractivity contribution >= 4 is 5.78 Å². The van der Waals surface area contributed by atoms with Crippen molar-refractivity contribution in [3.05, 3.63) is 12.2 Å². The van der Waals surface area contributed by atoms with Crippen LogP contribution in [0.2, 0.25) is 0 Å². The van der Waals surface area contributed by atoms with Crippen molar-refractivity contribution in [3.8, 4) is 0 Å². The van der Waals surface area contributed by atoms with Gasteiger partial charge >= 0.3 is 0 Å². The molecule has 0 aromatic carbocycles. The van der Waals surface area contributed by atoms with Gasteiger partial charge in [-0.3, -0.25) is 4.79 Å². The Morgan fingerprint density at radius 2 is 2.36 bits per heavy atom. The second-order valence-corrected chi connectivity index (χ2v) is 4.32. The number of hydrogen-bond donors (Lipinski definition) is 1. The lowest BCUT2D eigenvalue weighted by Gasteiger charge is -2.32.